The molecule has 0 amide bonds. The van der Waals surface area contributed by atoms with Crippen LogP contribution in [0.15, 0.2) is 48.5 Å². The van der Waals surface area contributed by atoms with Crippen molar-refractivity contribution < 1.29 is 4.74 Å². The van der Waals surface area contributed by atoms with Gasteiger partial charge in [-0.25, -0.2) is 0 Å². The summed E-state index contributed by atoms with van der Waals surface area (Å²) in [5, 5.41) is 3.94. The van der Waals surface area contributed by atoms with Crippen molar-refractivity contribution in [1.29, 1.82) is 0 Å². The molecule has 116 valence electrons. The number of thiocarbonyl (C=S) groups is 1. The zero-order chi connectivity index (χ0) is 15.9. The van der Waals surface area contributed by atoms with E-state index in [1.807, 2.05) is 43.1 Å². The largest absolute Gasteiger partial charge is 0.494 e. The van der Waals surface area contributed by atoms with Gasteiger partial charge in [-0.05, 0) is 55.9 Å². The van der Waals surface area contributed by atoms with E-state index < -0.39 is 0 Å². The lowest BCUT2D eigenvalue weighted by molar-refractivity contribution is 0.340. The van der Waals surface area contributed by atoms with Gasteiger partial charge in [-0.2, -0.15) is 0 Å². The van der Waals surface area contributed by atoms with Gasteiger partial charge in [-0.15, -0.1) is 0 Å². The van der Waals surface area contributed by atoms with E-state index in [0.717, 1.165) is 18.0 Å². The summed E-state index contributed by atoms with van der Waals surface area (Å²) >= 11 is 5.45. The summed E-state index contributed by atoms with van der Waals surface area (Å²) < 4.78 is 5.43. The van der Waals surface area contributed by atoms with E-state index in [2.05, 4.69) is 36.5 Å². The lowest BCUT2D eigenvalue weighted by Crippen LogP contribution is -2.30. The predicted octanol–water partition coefficient (Wildman–Crippen LogP) is 4.22. The Morgan fingerprint density at radius 3 is 2.32 bits per heavy atom. The van der Waals surface area contributed by atoms with Crippen molar-refractivity contribution in [1.82, 2.24) is 4.90 Å². The van der Waals surface area contributed by atoms with Crippen LogP contribution >= 0.6 is 12.2 Å². The summed E-state index contributed by atoms with van der Waals surface area (Å²) in [4.78, 5) is 2.02. The summed E-state index contributed by atoms with van der Waals surface area (Å²) in [7, 11) is 1.99. The van der Waals surface area contributed by atoms with Gasteiger partial charge in [0, 0.05) is 19.3 Å². The van der Waals surface area contributed by atoms with E-state index in [1.54, 1.807) is 0 Å². The second-order valence-corrected chi connectivity index (χ2v) is 5.62. The quantitative estimate of drug-likeness (QED) is 0.835. The molecule has 0 aliphatic carbocycles. The third kappa shape index (κ3) is 4.74. The molecule has 2 aromatic carbocycles. The van der Waals surface area contributed by atoms with Gasteiger partial charge < -0.3 is 15.0 Å². The van der Waals surface area contributed by atoms with Crippen LogP contribution in [0.25, 0.3) is 0 Å². The van der Waals surface area contributed by atoms with Crippen LogP contribution in [0.3, 0.4) is 0 Å². The number of anilines is 1. The lowest BCUT2D eigenvalue weighted by Gasteiger charge is -2.21. The minimum atomic E-state index is 0.671. The average Bonchev–Trinajstić information content (AvgIpc) is 2.51. The fraction of sp³-hybridized carbons (Fsp3) is 0.278. The summed E-state index contributed by atoms with van der Waals surface area (Å²) in [5.74, 6) is 0.868. The molecule has 0 saturated carbocycles. The minimum Gasteiger partial charge on any atom is -0.494 e. The first-order valence-corrected chi connectivity index (χ1v) is 7.80. The number of benzene rings is 2. The molecule has 0 fully saturated rings. The van der Waals surface area contributed by atoms with Crippen molar-refractivity contribution in [2.75, 3.05) is 19.0 Å². The third-order valence-electron chi connectivity index (χ3n) is 3.30. The summed E-state index contributed by atoms with van der Waals surface area (Å²) in [5.41, 5.74) is 3.47. The number of aryl methyl sites for hydroxylation is 1. The summed E-state index contributed by atoms with van der Waals surface area (Å²) in [6.07, 6.45) is 0. The summed E-state index contributed by atoms with van der Waals surface area (Å²) in [6, 6.07) is 16.3. The number of ether oxygens (including phenoxy) is 1. The van der Waals surface area contributed by atoms with Crippen LogP contribution in [0.2, 0.25) is 0 Å². The van der Waals surface area contributed by atoms with Crippen molar-refractivity contribution in [3.05, 3.63) is 59.7 Å². The van der Waals surface area contributed by atoms with E-state index in [-0.39, 0.29) is 0 Å². The minimum absolute atomic E-state index is 0.671. The zero-order valence-corrected chi connectivity index (χ0v) is 14.1. The maximum Gasteiger partial charge on any atom is 0.173 e. The Labute approximate surface area is 137 Å². The third-order valence-corrected chi connectivity index (χ3v) is 3.72. The Balaban J connectivity index is 1.91. The maximum atomic E-state index is 5.45. The first-order chi connectivity index (χ1) is 10.6. The van der Waals surface area contributed by atoms with Gasteiger partial charge in [0.2, 0.25) is 0 Å². The van der Waals surface area contributed by atoms with Crippen LogP contribution in [0, 0.1) is 6.92 Å². The molecular formula is C18H22N2OS. The molecule has 0 aliphatic rings. The van der Waals surface area contributed by atoms with Gasteiger partial charge in [0.25, 0.3) is 0 Å². The van der Waals surface area contributed by atoms with Gasteiger partial charge in [-0.3, -0.25) is 0 Å². The van der Waals surface area contributed by atoms with Crippen molar-refractivity contribution >= 4 is 23.0 Å². The number of rotatable bonds is 5. The molecule has 3 nitrogen and oxygen atoms in total. The lowest BCUT2D eigenvalue weighted by atomic mass is 10.1. The Kier molecular flexibility index (Phi) is 5.78. The SMILES string of the molecule is CCOc1ccc(NC(=S)N(C)Cc2ccc(C)cc2)cc1. The molecule has 0 radical (unpaired) electrons. The second-order valence-electron chi connectivity index (χ2n) is 5.23. The Bertz CT molecular complexity index is 608. The maximum absolute atomic E-state index is 5.45. The summed E-state index contributed by atoms with van der Waals surface area (Å²) in [6.45, 7) is 5.51. The monoisotopic (exact) mass is 314 g/mol. The van der Waals surface area contributed by atoms with Crippen molar-refractivity contribution in [3.63, 3.8) is 0 Å². The van der Waals surface area contributed by atoms with E-state index in [1.165, 1.54) is 11.1 Å². The van der Waals surface area contributed by atoms with Crippen LogP contribution in [-0.2, 0) is 6.54 Å². The molecular weight excluding hydrogens is 292 g/mol. The van der Waals surface area contributed by atoms with E-state index >= 15 is 0 Å². The molecule has 0 unspecified atom stereocenters. The van der Waals surface area contributed by atoms with Crippen molar-refractivity contribution in [2.24, 2.45) is 0 Å². The Morgan fingerprint density at radius 1 is 1.09 bits per heavy atom. The predicted molar refractivity (Wildman–Crippen MR) is 96.5 cm³/mol. The standard InChI is InChI=1S/C18H22N2OS/c1-4-21-17-11-9-16(10-12-17)19-18(22)20(3)13-15-7-5-14(2)6-8-15/h5-12H,4,13H2,1-3H3,(H,19,22). The molecule has 0 spiro atoms. The highest BCUT2D eigenvalue weighted by atomic mass is 32.1. The first kappa shape index (κ1) is 16.3. The molecule has 0 bridgehead atoms. The second kappa shape index (κ2) is 7.80. The average molecular weight is 314 g/mol. The topological polar surface area (TPSA) is 24.5 Å². The molecule has 0 heterocycles. The highest BCUT2D eigenvalue weighted by Gasteiger charge is 2.06. The fourth-order valence-corrected chi connectivity index (χ4v) is 2.24. The number of nitrogens with one attached hydrogen (secondary N) is 1. The fourth-order valence-electron chi connectivity index (χ4n) is 2.06. The van der Waals surface area contributed by atoms with E-state index in [9.17, 15) is 0 Å². The van der Waals surface area contributed by atoms with E-state index in [0.29, 0.717) is 11.7 Å². The van der Waals surface area contributed by atoms with E-state index in [4.69, 9.17) is 17.0 Å². The highest BCUT2D eigenvalue weighted by molar-refractivity contribution is 7.80. The molecule has 0 atom stereocenters. The normalized spacial score (nSPS) is 10.1. The van der Waals surface area contributed by atoms with Gasteiger partial charge in [0.15, 0.2) is 5.11 Å². The molecule has 22 heavy (non-hydrogen) atoms. The van der Waals surface area contributed by atoms with Crippen LogP contribution in [-0.4, -0.2) is 23.7 Å². The van der Waals surface area contributed by atoms with Crippen molar-refractivity contribution in [3.8, 4) is 5.75 Å². The first-order valence-electron chi connectivity index (χ1n) is 7.39. The van der Waals surface area contributed by atoms with Gasteiger partial charge in [0.1, 0.15) is 5.75 Å². The van der Waals surface area contributed by atoms with Gasteiger partial charge in [-0.1, -0.05) is 29.8 Å². The van der Waals surface area contributed by atoms with Crippen LogP contribution in [0.5, 0.6) is 5.75 Å². The number of hydrogen-bond donors (Lipinski definition) is 1. The molecule has 2 aromatic rings. The van der Waals surface area contributed by atoms with Crippen LogP contribution in [0.1, 0.15) is 18.1 Å². The van der Waals surface area contributed by atoms with Crippen molar-refractivity contribution in [2.45, 2.75) is 20.4 Å². The zero-order valence-electron chi connectivity index (χ0n) is 13.3. The Morgan fingerprint density at radius 2 is 1.73 bits per heavy atom. The highest BCUT2D eigenvalue weighted by Crippen LogP contribution is 2.16. The molecule has 2 rings (SSSR count). The van der Waals surface area contributed by atoms with Crippen LogP contribution in [0.4, 0.5) is 5.69 Å². The molecule has 4 heteroatoms. The molecule has 0 aromatic heterocycles. The Hall–Kier alpha value is -2.07. The molecule has 1 N–H and O–H groups in total. The van der Waals surface area contributed by atoms with Gasteiger partial charge in [0.05, 0.1) is 6.61 Å². The molecule has 0 saturated heterocycles. The van der Waals surface area contributed by atoms with Gasteiger partial charge >= 0.3 is 0 Å². The molecule has 0 aliphatic heterocycles. The number of nitrogens with zero attached hydrogens (tertiary/aromatic N) is 1. The van der Waals surface area contributed by atoms with Crippen LogP contribution < -0.4 is 10.1 Å². The smallest absolute Gasteiger partial charge is 0.173 e. The number of hydrogen-bond acceptors (Lipinski definition) is 2.